The zero-order valence-electron chi connectivity index (χ0n) is 13.1. The number of rotatable bonds is 4. The van der Waals surface area contributed by atoms with Crippen molar-refractivity contribution in [3.8, 4) is 5.69 Å². The number of benzene rings is 1. The lowest BCUT2D eigenvalue weighted by atomic mass is 10.3. The van der Waals surface area contributed by atoms with E-state index in [1.54, 1.807) is 29.4 Å². The van der Waals surface area contributed by atoms with Crippen LogP contribution in [-0.2, 0) is 0 Å². The molecule has 0 atom stereocenters. The van der Waals surface area contributed by atoms with E-state index < -0.39 is 0 Å². The summed E-state index contributed by atoms with van der Waals surface area (Å²) in [5.41, 5.74) is 10.9. The molecule has 3 N–H and O–H groups in total. The predicted molar refractivity (Wildman–Crippen MR) is 96.5 cm³/mol. The summed E-state index contributed by atoms with van der Waals surface area (Å²) in [4.78, 5) is 12.6. The van der Waals surface area contributed by atoms with Gasteiger partial charge < -0.3 is 5.73 Å². The lowest BCUT2D eigenvalue weighted by Gasteiger charge is -2.03. The van der Waals surface area contributed by atoms with E-state index >= 15 is 0 Å². The molecule has 8 heteroatoms. The minimum absolute atomic E-state index is 0.468. The Morgan fingerprint density at radius 1 is 1.00 bits per heavy atom. The van der Waals surface area contributed by atoms with Gasteiger partial charge in [-0.15, -0.1) is 0 Å². The third kappa shape index (κ3) is 3.00. The molecule has 4 aromatic rings. The van der Waals surface area contributed by atoms with Crippen LogP contribution in [0.25, 0.3) is 16.7 Å². The molecule has 0 aliphatic rings. The molecule has 0 spiro atoms. The quantitative estimate of drug-likeness (QED) is 0.439. The highest BCUT2D eigenvalue weighted by molar-refractivity contribution is 5.88. The molecule has 25 heavy (non-hydrogen) atoms. The van der Waals surface area contributed by atoms with Crippen LogP contribution in [0.4, 0.5) is 11.6 Å². The smallest absolute Gasteiger partial charge is 0.168 e. The summed E-state index contributed by atoms with van der Waals surface area (Å²) in [6, 6.07) is 13.3. The molecule has 4 rings (SSSR count). The van der Waals surface area contributed by atoms with Crippen LogP contribution >= 0.6 is 0 Å². The monoisotopic (exact) mass is 330 g/mol. The minimum Gasteiger partial charge on any atom is -0.384 e. The summed E-state index contributed by atoms with van der Waals surface area (Å²) >= 11 is 0. The molecule has 3 aromatic heterocycles. The maximum atomic E-state index is 5.56. The molecule has 0 aliphatic carbocycles. The number of hydrogen-bond acceptors (Lipinski definition) is 7. The van der Waals surface area contributed by atoms with E-state index in [1.165, 1.54) is 6.33 Å². The molecular formula is C17H14N8. The van der Waals surface area contributed by atoms with Gasteiger partial charge in [0.2, 0.25) is 0 Å². The van der Waals surface area contributed by atoms with E-state index in [2.05, 4.69) is 30.6 Å². The van der Waals surface area contributed by atoms with Gasteiger partial charge in [-0.05, 0) is 24.3 Å². The van der Waals surface area contributed by atoms with Crippen LogP contribution in [0, 0.1) is 0 Å². The van der Waals surface area contributed by atoms with Crippen molar-refractivity contribution in [1.82, 2.24) is 24.7 Å². The summed E-state index contributed by atoms with van der Waals surface area (Å²) in [7, 11) is 0. The molecule has 0 fully saturated rings. The van der Waals surface area contributed by atoms with Gasteiger partial charge in [0.15, 0.2) is 11.5 Å². The number of hydrogen-bond donors (Lipinski definition) is 2. The first-order valence-corrected chi connectivity index (χ1v) is 7.56. The molecule has 122 valence electrons. The van der Waals surface area contributed by atoms with Crippen molar-refractivity contribution in [2.45, 2.75) is 0 Å². The third-order valence-corrected chi connectivity index (χ3v) is 3.56. The molecule has 3 heterocycles. The number of pyridine rings is 1. The minimum atomic E-state index is 0.468. The Morgan fingerprint density at radius 3 is 2.68 bits per heavy atom. The van der Waals surface area contributed by atoms with Crippen LogP contribution in [0.2, 0.25) is 0 Å². The molecule has 0 radical (unpaired) electrons. The van der Waals surface area contributed by atoms with Crippen molar-refractivity contribution in [2.24, 2.45) is 5.10 Å². The maximum Gasteiger partial charge on any atom is 0.168 e. The number of fused-ring (bicyclic) bond motifs is 1. The summed E-state index contributed by atoms with van der Waals surface area (Å²) < 4.78 is 1.76. The van der Waals surface area contributed by atoms with Crippen molar-refractivity contribution >= 4 is 28.9 Å². The van der Waals surface area contributed by atoms with Crippen LogP contribution in [0.15, 0.2) is 66.3 Å². The fraction of sp³-hybridized carbons (Fsp3) is 0. The molecule has 1 aromatic carbocycles. The standard InChI is InChI=1S/C17H14N8/c18-15-7-6-12(8-19-15)9-22-24-16-14-10-23-25(17(14)21-11-20-16)13-4-2-1-3-5-13/h1-11H,(H2,18,19)(H,20,21,24)/b22-9+. The molecule has 0 aliphatic heterocycles. The van der Waals surface area contributed by atoms with Crippen LogP contribution in [-0.4, -0.2) is 30.9 Å². The molecule has 8 nitrogen and oxygen atoms in total. The van der Waals surface area contributed by atoms with Crippen molar-refractivity contribution in [1.29, 1.82) is 0 Å². The van der Waals surface area contributed by atoms with Crippen molar-refractivity contribution in [3.63, 3.8) is 0 Å². The highest BCUT2D eigenvalue weighted by atomic mass is 15.3. The number of aromatic nitrogens is 5. The number of nitrogen functional groups attached to an aromatic ring is 1. The average molecular weight is 330 g/mol. The van der Waals surface area contributed by atoms with E-state index in [9.17, 15) is 0 Å². The Balaban J connectivity index is 1.62. The average Bonchev–Trinajstić information content (AvgIpc) is 3.09. The summed E-state index contributed by atoms with van der Waals surface area (Å²) in [6.07, 6.45) is 6.47. The Bertz CT molecular complexity index is 1020. The highest BCUT2D eigenvalue weighted by Gasteiger charge is 2.10. The number of hydrazone groups is 1. The Morgan fingerprint density at radius 2 is 1.88 bits per heavy atom. The van der Waals surface area contributed by atoms with Gasteiger partial charge in [0.05, 0.1) is 23.5 Å². The van der Waals surface area contributed by atoms with E-state index in [4.69, 9.17) is 5.73 Å². The van der Waals surface area contributed by atoms with Gasteiger partial charge >= 0.3 is 0 Å². The second kappa shape index (κ2) is 6.36. The zero-order valence-corrected chi connectivity index (χ0v) is 13.1. The fourth-order valence-corrected chi connectivity index (χ4v) is 2.35. The van der Waals surface area contributed by atoms with Gasteiger partial charge in [0.1, 0.15) is 12.1 Å². The Labute approximate surface area is 143 Å². The first-order valence-electron chi connectivity index (χ1n) is 7.56. The maximum absolute atomic E-state index is 5.56. The normalized spacial score (nSPS) is 11.2. The Hall–Kier alpha value is -3.81. The Kier molecular flexibility index (Phi) is 3.76. The van der Waals surface area contributed by atoms with E-state index in [-0.39, 0.29) is 0 Å². The van der Waals surface area contributed by atoms with Crippen LogP contribution in [0.3, 0.4) is 0 Å². The molecule has 0 amide bonds. The second-order valence-corrected chi connectivity index (χ2v) is 5.24. The molecule has 0 bridgehead atoms. The van der Waals surface area contributed by atoms with Crippen LogP contribution in [0.1, 0.15) is 5.56 Å². The van der Waals surface area contributed by atoms with E-state index in [1.807, 2.05) is 36.4 Å². The van der Waals surface area contributed by atoms with Crippen molar-refractivity contribution < 1.29 is 0 Å². The summed E-state index contributed by atoms with van der Waals surface area (Å²) in [6.45, 7) is 0. The molecule has 0 saturated heterocycles. The molecule has 0 unspecified atom stereocenters. The lowest BCUT2D eigenvalue weighted by Crippen LogP contribution is -1.99. The molecular weight excluding hydrogens is 316 g/mol. The van der Waals surface area contributed by atoms with Gasteiger partial charge in [0, 0.05) is 11.8 Å². The predicted octanol–water partition coefficient (Wildman–Crippen LogP) is 2.24. The van der Waals surface area contributed by atoms with E-state index in [0.29, 0.717) is 17.3 Å². The number of anilines is 2. The second-order valence-electron chi connectivity index (χ2n) is 5.24. The van der Waals surface area contributed by atoms with Gasteiger partial charge in [-0.3, -0.25) is 5.43 Å². The van der Waals surface area contributed by atoms with Gasteiger partial charge in [0.25, 0.3) is 0 Å². The highest BCUT2D eigenvalue weighted by Crippen LogP contribution is 2.21. The number of para-hydroxylation sites is 1. The third-order valence-electron chi connectivity index (χ3n) is 3.56. The summed E-state index contributed by atoms with van der Waals surface area (Å²) in [5, 5.41) is 9.37. The van der Waals surface area contributed by atoms with Crippen molar-refractivity contribution in [3.05, 3.63) is 66.7 Å². The van der Waals surface area contributed by atoms with Gasteiger partial charge in [-0.25, -0.2) is 19.6 Å². The van der Waals surface area contributed by atoms with Gasteiger partial charge in [-0.1, -0.05) is 18.2 Å². The lowest BCUT2D eigenvalue weighted by molar-refractivity contribution is 0.895. The topological polar surface area (TPSA) is 107 Å². The van der Waals surface area contributed by atoms with Crippen LogP contribution in [0.5, 0.6) is 0 Å². The van der Waals surface area contributed by atoms with E-state index in [0.717, 1.165) is 16.6 Å². The fourth-order valence-electron chi connectivity index (χ4n) is 2.35. The largest absolute Gasteiger partial charge is 0.384 e. The first kappa shape index (κ1) is 14.8. The number of nitrogens with zero attached hydrogens (tertiary/aromatic N) is 6. The van der Waals surface area contributed by atoms with Crippen LogP contribution < -0.4 is 11.2 Å². The number of nitrogens with one attached hydrogen (secondary N) is 1. The number of nitrogens with two attached hydrogens (primary N) is 1. The summed E-state index contributed by atoms with van der Waals surface area (Å²) in [5.74, 6) is 1.04. The zero-order chi connectivity index (χ0) is 17.1. The SMILES string of the molecule is Nc1ccc(/C=N/Nc2ncnc3c2cnn3-c2ccccc2)cn1. The van der Waals surface area contributed by atoms with Gasteiger partial charge in [-0.2, -0.15) is 10.2 Å². The molecule has 0 saturated carbocycles. The first-order chi connectivity index (χ1) is 12.3. The van der Waals surface area contributed by atoms with Crippen molar-refractivity contribution in [2.75, 3.05) is 11.2 Å².